The largest absolute Gasteiger partial charge is 0.534 e. The lowest BCUT2D eigenvalue weighted by Gasteiger charge is -2.23. The van der Waals surface area contributed by atoms with E-state index in [1.54, 1.807) is 0 Å². The first-order valence-corrected chi connectivity index (χ1v) is 8.90. The third kappa shape index (κ3) is 3.33. The molecule has 1 heterocycles. The van der Waals surface area contributed by atoms with Crippen molar-refractivity contribution in [3.05, 3.63) is 41.2 Å². The van der Waals surface area contributed by atoms with Gasteiger partial charge in [0.2, 0.25) is 0 Å². The summed E-state index contributed by atoms with van der Waals surface area (Å²) in [4.78, 5) is 13.7. The number of hydrogen-bond donors (Lipinski definition) is 0. The molecule has 1 aliphatic carbocycles. The van der Waals surface area contributed by atoms with Crippen molar-refractivity contribution in [3.63, 3.8) is 0 Å². The standard InChI is InChI=1S/C15H12F5NO5S/c1-21-7-5-9(11(6-7)26-27(23,24)15(18,19)20)12-8(13(21)22)3-2-4-10(12)25-14(16)17/h2-4,6-7,9,14H,5H2,1H3. The van der Waals surface area contributed by atoms with Crippen LogP contribution in [-0.4, -0.2) is 44.4 Å². The minimum atomic E-state index is -5.96. The highest BCUT2D eigenvalue weighted by Crippen LogP contribution is 2.47. The van der Waals surface area contributed by atoms with Gasteiger partial charge in [-0.1, -0.05) is 6.07 Å². The number of hydrogen-bond acceptors (Lipinski definition) is 5. The first kappa shape index (κ1) is 19.4. The van der Waals surface area contributed by atoms with Crippen LogP contribution in [0.2, 0.25) is 0 Å². The van der Waals surface area contributed by atoms with Crippen LogP contribution in [0.3, 0.4) is 0 Å². The van der Waals surface area contributed by atoms with E-state index in [9.17, 15) is 35.2 Å². The quantitative estimate of drug-likeness (QED) is 0.431. The molecule has 12 heteroatoms. The molecule has 3 rings (SSSR count). The van der Waals surface area contributed by atoms with Crippen LogP contribution < -0.4 is 4.74 Å². The Morgan fingerprint density at radius 2 is 1.93 bits per heavy atom. The number of likely N-dealkylation sites (N-methyl/N-ethyl adjacent to an activating group) is 1. The van der Waals surface area contributed by atoms with Crippen molar-refractivity contribution in [2.24, 2.45) is 0 Å². The van der Waals surface area contributed by atoms with Crippen molar-refractivity contribution in [1.29, 1.82) is 0 Å². The molecule has 2 bridgehead atoms. The molecule has 0 aromatic heterocycles. The summed E-state index contributed by atoms with van der Waals surface area (Å²) < 4.78 is 94.9. The second-order valence-electron chi connectivity index (χ2n) is 5.92. The molecule has 0 saturated carbocycles. The summed E-state index contributed by atoms with van der Waals surface area (Å²) in [6.45, 7) is -3.25. The normalized spacial score (nSPS) is 22.4. The van der Waals surface area contributed by atoms with Gasteiger partial charge in [-0.3, -0.25) is 4.79 Å². The van der Waals surface area contributed by atoms with E-state index in [2.05, 4.69) is 8.92 Å². The number of halogens is 5. The van der Waals surface area contributed by atoms with E-state index in [0.717, 1.165) is 12.1 Å². The van der Waals surface area contributed by atoms with Gasteiger partial charge < -0.3 is 13.8 Å². The molecular formula is C15H12F5NO5S. The minimum absolute atomic E-state index is 0.0401. The average Bonchev–Trinajstić information content (AvgIpc) is 2.90. The molecule has 1 aromatic carbocycles. The lowest BCUT2D eigenvalue weighted by Crippen LogP contribution is -2.34. The Morgan fingerprint density at radius 1 is 1.26 bits per heavy atom. The number of fused-ring (bicyclic) bond motifs is 4. The Kier molecular flexibility index (Phi) is 4.57. The molecule has 1 aliphatic heterocycles. The number of carbonyl (C=O) groups excluding carboxylic acids is 1. The van der Waals surface area contributed by atoms with Gasteiger partial charge in [0.1, 0.15) is 11.5 Å². The number of allylic oxidation sites excluding steroid dienone is 1. The predicted octanol–water partition coefficient (Wildman–Crippen LogP) is 2.98. The van der Waals surface area contributed by atoms with Gasteiger partial charge >= 0.3 is 22.2 Å². The number of ether oxygens (including phenoxy) is 1. The SMILES string of the molecule is CN1C(=O)c2cccc(OC(F)F)c2C2CC1C=C2OS(=O)(=O)C(F)(F)F. The van der Waals surface area contributed by atoms with Crippen LogP contribution in [0.4, 0.5) is 22.0 Å². The first-order valence-electron chi connectivity index (χ1n) is 7.49. The van der Waals surface area contributed by atoms with Crippen molar-refractivity contribution in [2.75, 3.05) is 7.05 Å². The highest BCUT2D eigenvalue weighted by Gasteiger charge is 2.51. The topological polar surface area (TPSA) is 72.9 Å². The molecule has 0 radical (unpaired) electrons. The number of amides is 1. The van der Waals surface area contributed by atoms with Gasteiger partial charge in [-0.15, -0.1) is 0 Å². The van der Waals surface area contributed by atoms with Gasteiger partial charge in [-0.2, -0.15) is 30.4 Å². The molecule has 2 atom stereocenters. The smallest absolute Gasteiger partial charge is 0.434 e. The average molecular weight is 413 g/mol. The van der Waals surface area contributed by atoms with Crippen molar-refractivity contribution >= 4 is 16.0 Å². The fourth-order valence-corrected chi connectivity index (χ4v) is 3.67. The Balaban J connectivity index is 2.12. The lowest BCUT2D eigenvalue weighted by atomic mass is 9.92. The number of rotatable bonds is 4. The monoisotopic (exact) mass is 413 g/mol. The highest BCUT2D eigenvalue weighted by molar-refractivity contribution is 7.87. The molecule has 1 amide bonds. The Labute approximate surface area is 150 Å². The zero-order valence-electron chi connectivity index (χ0n) is 13.5. The van der Waals surface area contributed by atoms with Crippen LogP contribution in [0.15, 0.2) is 30.0 Å². The minimum Gasteiger partial charge on any atom is -0.434 e. The van der Waals surface area contributed by atoms with Crippen LogP contribution in [0, 0.1) is 0 Å². The number of nitrogens with zero attached hydrogens (tertiary/aromatic N) is 1. The van der Waals surface area contributed by atoms with Crippen LogP contribution in [0.5, 0.6) is 5.75 Å². The fraction of sp³-hybridized carbons (Fsp3) is 0.400. The second-order valence-corrected chi connectivity index (χ2v) is 7.46. The van der Waals surface area contributed by atoms with Gasteiger partial charge in [0.25, 0.3) is 5.91 Å². The Morgan fingerprint density at radius 3 is 2.52 bits per heavy atom. The number of alkyl halides is 5. The summed E-state index contributed by atoms with van der Waals surface area (Å²) in [7, 11) is -4.60. The lowest BCUT2D eigenvalue weighted by molar-refractivity contribution is -0.0525. The maximum Gasteiger partial charge on any atom is 0.534 e. The Hall–Kier alpha value is -2.37. The molecule has 148 valence electrons. The number of carbonyl (C=O) groups is 1. The van der Waals surface area contributed by atoms with Crippen LogP contribution in [0.1, 0.15) is 28.3 Å². The van der Waals surface area contributed by atoms with Gasteiger partial charge in [-0.25, -0.2) is 0 Å². The van der Waals surface area contributed by atoms with Crippen molar-refractivity contribution < 1.29 is 44.1 Å². The van der Waals surface area contributed by atoms with E-state index in [1.165, 1.54) is 24.1 Å². The highest BCUT2D eigenvalue weighted by atomic mass is 32.2. The van der Waals surface area contributed by atoms with Crippen LogP contribution in [0.25, 0.3) is 0 Å². The summed E-state index contributed by atoms with van der Waals surface area (Å²) in [5.74, 6) is -2.77. The first-order chi connectivity index (χ1) is 12.4. The van der Waals surface area contributed by atoms with E-state index >= 15 is 0 Å². The summed E-state index contributed by atoms with van der Waals surface area (Å²) >= 11 is 0. The van der Waals surface area contributed by atoms with E-state index < -0.39 is 51.6 Å². The molecule has 27 heavy (non-hydrogen) atoms. The molecule has 1 aromatic rings. The molecular weight excluding hydrogens is 401 g/mol. The summed E-state index contributed by atoms with van der Waals surface area (Å²) in [5.41, 5.74) is -5.88. The van der Waals surface area contributed by atoms with Crippen molar-refractivity contribution in [3.8, 4) is 5.75 Å². The summed E-state index contributed by atoms with van der Waals surface area (Å²) in [5, 5.41) is 0. The Bertz CT molecular complexity index is 912. The second kappa shape index (κ2) is 6.36. The van der Waals surface area contributed by atoms with E-state index in [1.807, 2.05) is 0 Å². The van der Waals surface area contributed by atoms with Crippen LogP contribution in [-0.2, 0) is 14.3 Å². The van der Waals surface area contributed by atoms with E-state index in [4.69, 9.17) is 0 Å². The summed E-state index contributed by atoms with van der Waals surface area (Å²) in [6.07, 6.45) is 1.02. The van der Waals surface area contributed by atoms with Gasteiger partial charge in [0.15, 0.2) is 0 Å². The van der Waals surface area contributed by atoms with Crippen molar-refractivity contribution in [1.82, 2.24) is 4.90 Å². The molecule has 0 spiro atoms. The van der Waals surface area contributed by atoms with Crippen LogP contribution >= 0.6 is 0 Å². The van der Waals surface area contributed by atoms with Crippen molar-refractivity contribution in [2.45, 2.75) is 30.5 Å². The zero-order valence-corrected chi connectivity index (χ0v) is 14.4. The predicted molar refractivity (Wildman–Crippen MR) is 80.5 cm³/mol. The fourth-order valence-electron chi connectivity index (χ4n) is 3.15. The zero-order chi connectivity index (χ0) is 20.1. The molecule has 0 saturated heterocycles. The van der Waals surface area contributed by atoms with Gasteiger partial charge in [0, 0.05) is 24.1 Å². The summed E-state index contributed by atoms with van der Waals surface area (Å²) in [6, 6.07) is 2.92. The maximum atomic E-state index is 12.7. The molecule has 0 fully saturated rings. The maximum absolute atomic E-state index is 12.7. The molecule has 2 aliphatic rings. The third-order valence-corrected chi connectivity index (χ3v) is 5.32. The van der Waals surface area contributed by atoms with Gasteiger partial charge in [-0.05, 0) is 24.6 Å². The van der Waals surface area contributed by atoms with E-state index in [-0.39, 0.29) is 17.5 Å². The molecule has 0 N–H and O–H groups in total. The van der Waals surface area contributed by atoms with E-state index in [0.29, 0.717) is 0 Å². The third-order valence-electron chi connectivity index (χ3n) is 4.35. The van der Waals surface area contributed by atoms with Gasteiger partial charge in [0.05, 0.1) is 6.04 Å². The number of benzene rings is 1. The molecule has 6 nitrogen and oxygen atoms in total. The molecule has 2 unspecified atom stereocenters.